The number of aryl methyl sites for hydroxylation is 2. The minimum atomic E-state index is -5.15. The van der Waals surface area contributed by atoms with E-state index in [1.165, 1.54) is 16.8 Å². The number of benzene rings is 2. The van der Waals surface area contributed by atoms with Gasteiger partial charge in [-0.1, -0.05) is 97.1 Å². The number of carbonyl (C=O) groups excluding carboxylic acids is 1. The van der Waals surface area contributed by atoms with Crippen LogP contribution in [-0.2, 0) is 23.8 Å². The summed E-state index contributed by atoms with van der Waals surface area (Å²) in [7, 11) is 1.98. The van der Waals surface area contributed by atoms with E-state index in [9.17, 15) is 26.7 Å². The molecule has 2 aromatic rings. The summed E-state index contributed by atoms with van der Waals surface area (Å²) in [4.78, 5) is 31.4. The number of aliphatic imine (C=N–C) groups is 1. The number of hydrogen-bond acceptors (Lipinski definition) is 12. The fourth-order valence-electron chi connectivity index (χ4n) is 15.3. The molecule has 1 spiro atoms. The van der Waals surface area contributed by atoms with Crippen LogP contribution in [0.4, 0.5) is 22.0 Å². The highest BCUT2D eigenvalue weighted by Gasteiger charge is 2.55. The first kappa shape index (κ1) is 74.5. The summed E-state index contributed by atoms with van der Waals surface area (Å²) in [6, 6.07) is 11.8. The van der Waals surface area contributed by atoms with Gasteiger partial charge in [-0.2, -0.15) is 13.2 Å². The van der Waals surface area contributed by atoms with Crippen molar-refractivity contribution in [3.8, 4) is 0 Å². The van der Waals surface area contributed by atoms with Crippen LogP contribution in [0.3, 0.4) is 0 Å². The Kier molecular flexibility index (Phi) is 28.5. The third-order valence-electron chi connectivity index (χ3n) is 21.2. The molecule has 1 amide bonds. The van der Waals surface area contributed by atoms with Gasteiger partial charge >= 0.3 is 6.18 Å². The van der Waals surface area contributed by atoms with E-state index in [1.807, 2.05) is 30.4 Å². The average molecular weight is 1290 g/mol. The highest BCUT2D eigenvalue weighted by atomic mass is 19.4. The monoisotopic (exact) mass is 1290 g/mol. The van der Waals surface area contributed by atoms with Crippen molar-refractivity contribution in [3.63, 3.8) is 0 Å². The van der Waals surface area contributed by atoms with Gasteiger partial charge in [0.05, 0.1) is 5.92 Å². The minimum Gasteiger partial charge on any atom is -0.390 e. The molecule has 4 fully saturated rings. The molecule has 0 bridgehead atoms. The molecule has 92 heavy (non-hydrogen) atoms. The first-order valence-electron chi connectivity index (χ1n) is 35.5. The van der Waals surface area contributed by atoms with Crippen molar-refractivity contribution < 1.29 is 26.7 Å². The van der Waals surface area contributed by atoms with Crippen LogP contribution in [0.5, 0.6) is 0 Å². The average Bonchev–Trinajstić information content (AvgIpc) is 1.29. The summed E-state index contributed by atoms with van der Waals surface area (Å²) in [5.41, 5.74) is 3.50. The predicted octanol–water partition coefficient (Wildman–Crippen LogP) is 12.9. The Morgan fingerprint density at radius 2 is 1.47 bits per heavy atom. The fraction of sp³-hybridized carbons (Fsp3) is 0.703. The van der Waals surface area contributed by atoms with E-state index in [2.05, 4.69) is 178 Å². The molecule has 516 valence electrons. The number of rotatable bonds is 13. The lowest BCUT2D eigenvalue weighted by Crippen LogP contribution is -2.76. The molecule has 6 N–H and O–H groups in total. The van der Waals surface area contributed by atoms with Crippen LogP contribution >= 0.6 is 0 Å². The molecule has 7 rings (SSSR count). The maximum atomic E-state index is 14.8. The Labute approximate surface area is 551 Å². The number of likely N-dealkylation sites (tertiary alicyclic amines) is 1. The van der Waals surface area contributed by atoms with Crippen molar-refractivity contribution in [1.29, 1.82) is 0 Å². The molecular formula is C74H119F5N12O. The maximum absolute atomic E-state index is 14.8. The van der Waals surface area contributed by atoms with Gasteiger partial charge < -0.3 is 51.5 Å². The van der Waals surface area contributed by atoms with Gasteiger partial charge in [-0.25, -0.2) is 8.78 Å². The SMILES string of the molecule is CC[C@H](C)[C@H]1C(C)NC2(CCCC2)CNCCNC=CC(CCc2cc(F)c(C(F)(F)F)c(F)c2)=NC=CN(C)C=C(Cc2ccc(C)cc2)N(CC)C=C2CCCN2[C@@H](C)C(C)N[C@@H]([C@@H](C)CC)CN[C@@H](CC(C)C)C(C)NCC2[C@@H](C(=O)N3CCCC3)C(C)N21. The molecule has 13 nitrogen and oxygen atoms in total. The quantitative estimate of drug-likeness (QED) is 0.108. The topological polar surface area (TPSA) is 118 Å². The first-order valence-corrected chi connectivity index (χ1v) is 35.5. The molecule has 18 heteroatoms. The van der Waals surface area contributed by atoms with E-state index in [0.29, 0.717) is 48.9 Å². The summed E-state index contributed by atoms with van der Waals surface area (Å²) in [5.74, 6) is -1.70. The summed E-state index contributed by atoms with van der Waals surface area (Å²) in [5, 5.41) is 24.0. The highest BCUT2D eigenvalue weighted by Crippen LogP contribution is 2.42. The van der Waals surface area contributed by atoms with Crippen LogP contribution in [0, 0.1) is 42.2 Å². The normalized spacial score (nSPS) is 28.4. The number of fused-ring (bicyclic) bond motifs is 2. The number of hydrogen-bond donors (Lipinski definition) is 6. The lowest BCUT2D eigenvalue weighted by molar-refractivity contribution is -0.160. The number of nitrogens with one attached hydrogen (secondary N) is 6. The first-order chi connectivity index (χ1) is 43.9. The Balaban J connectivity index is 1.22. The van der Waals surface area contributed by atoms with Gasteiger partial charge in [0.1, 0.15) is 17.2 Å². The number of likely N-dealkylation sites (N-methyl/N-ethyl adjacent to an activating group) is 1. The smallest absolute Gasteiger partial charge is 0.390 e. The Bertz CT molecular complexity index is 2730. The van der Waals surface area contributed by atoms with Gasteiger partial charge in [0.2, 0.25) is 5.91 Å². The van der Waals surface area contributed by atoms with Crippen molar-refractivity contribution in [2.75, 3.05) is 66.0 Å². The zero-order chi connectivity index (χ0) is 66.9. The summed E-state index contributed by atoms with van der Waals surface area (Å²) in [6.45, 7) is 37.3. The molecule has 12 atom stereocenters. The number of allylic oxidation sites excluding steroid dienone is 3. The molecule has 1 aliphatic carbocycles. The lowest BCUT2D eigenvalue weighted by Gasteiger charge is -2.60. The molecule has 5 aliphatic rings. The van der Waals surface area contributed by atoms with Crippen molar-refractivity contribution >= 4 is 11.6 Å². The second-order valence-corrected chi connectivity index (χ2v) is 28.6. The van der Waals surface area contributed by atoms with Crippen LogP contribution in [0.15, 0.2) is 89.9 Å². The lowest BCUT2D eigenvalue weighted by atomic mass is 9.74. The molecule has 0 aromatic heterocycles. The Morgan fingerprint density at radius 1 is 0.783 bits per heavy atom. The van der Waals surface area contributed by atoms with Crippen LogP contribution in [-0.4, -0.2) is 162 Å². The van der Waals surface area contributed by atoms with E-state index in [-0.39, 0.29) is 84.2 Å². The highest BCUT2D eigenvalue weighted by molar-refractivity contribution is 5.95. The molecule has 3 saturated heterocycles. The molecule has 5 unspecified atom stereocenters. The van der Waals surface area contributed by atoms with Gasteiger partial charge in [-0.15, -0.1) is 0 Å². The number of nitrogens with zero attached hydrogens (tertiary/aromatic N) is 6. The maximum Gasteiger partial charge on any atom is 0.422 e. The van der Waals surface area contributed by atoms with Crippen molar-refractivity contribution in [2.24, 2.45) is 28.7 Å². The van der Waals surface area contributed by atoms with Crippen molar-refractivity contribution in [1.82, 2.24) is 56.4 Å². The van der Waals surface area contributed by atoms with Gasteiger partial charge in [0.15, 0.2) is 0 Å². The minimum absolute atomic E-state index is 0.0587. The number of halogens is 5. The van der Waals surface area contributed by atoms with Gasteiger partial charge in [0, 0.05) is 174 Å². The van der Waals surface area contributed by atoms with Gasteiger partial charge in [-0.3, -0.25) is 14.7 Å². The zero-order valence-corrected chi connectivity index (χ0v) is 58.7. The Morgan fingerprint density at radius 3 is 2.11 bits per heavy atom. The summed E-state index contributed by atoms with van der Waals surface area (Å²) in [6.07, 6.45) is 19.3. The number of carbonyl (C=O) groups is 1. The van der Waals surface area contributed by atoms with E-state index in [1.54, 1.807) is 6.20 Å². The fourth-order valence-corrected chi connectivity index (χ4v) is 15.3. The van der Waals surface area contributed by atoms with Crippen LogP contribution < -0.4 is 31.9 Å². The van der Waals surface area contributed by atoms with Crippen molar-refractivity contribution in [2.45, 2.75) is 246 Å². The standard InChI is InChI=1S/C74H119F5N12O/c1-15-52(7)67-45-84-66(41-50(4)5)55(10)83-46-68-69(72(92)89-37-20-21-38-89)58(13)91(68)71(53(8)16-2)56(11)86-73(31-18-19-32-73)49-81-35-34-80-33-30-61(29-28-60-43-64(75)70(65(76)44-60)74(77,78)79)82-36-40-87(14)47-63(42-59-26-24-51(6)25-27-59)88(17-3)48-62-23-22-39-90(62)57(12)54(9)85-67/h24-27,30,33,36,40,43-44,47-48,50,52-58,66-69,71,80-81,83-86H,15-23,28-29,31-32,34-35,37-39,41-42,45-46,49H2,1-14H3/t52-,53-,54?,55?,56?,57-,58?,66-,67+,68?,69-,71-/m0/s1. The van der Waals surface area contributed by atoms with E-state index < -0.39 is 23.4 Å². The largest absolute Gasteiger partial charge is 0.422 e. The van der Waals surface area contributed by atoms with E-state index >= 15 is 0 Å². The van der Waals surface area contributed by atoms with Gasteiger partial charge in [-0.05, 0) is 160 Å². The molecular weight excluding hydrogens is 1170 g/mol. The molecule has 0 radical (unpaired) electrons. The number of amides is 1. The van der Waals surface area contributed by atoms with E-state index in [0.717, 1.165) is 134 Å². The summed E-state index contributed by atoms with van der Waals surface area (Å²) >= 11 is 0. The third kappa shape index (κ3) is 20.3. The number of alkyl halides is 3. The molecule has 1 saturated carbocycles. The van der Waals surface area contributed by atoms with Crippen LogP contribution in [0.25, 0.3) is 0 Å². The molecule has 2 aromatic carbocycles. The van der Waals surface area contributed by atoms with Gasteiger partial charge in [0.25, 0.3) is 0 Å². The second kappa shape index (κ2) is 35.2. The molecule has 4 aliphatic heterocycles. The van der Waals surface area contributed by atoms with E-state index in [4.69, 9.17) is 4.99 Å². The van der Waals surface area contributed by atoms with Crippen molar-refractivity contribution in [3.05, 3.63) is 119 Å². The Hall–Kier alpha value is -4.85. The zero-order valence-electron chi connectivity index (χ0n) is 58.7. The third-order valence-corrected chi connectivity index (χ3v) is 21.2. The summed E-state index contributed by atoms with van der Waals surface area (Å²) < 4.78 is 70.4. The second-order valence-electron chi connectivity index (χ2n) is 28.6. The predicted molar refractivity (Wildman–Crippen MR) is 369 cm³/mol. The van der Waals surface area contributed by atoms with Crippen LogP contribution in [0.1, 0.15) is 182 Å². The molecule has 4 heterocycles. The van der Waals surface area contributed by atoms with Crippen LogP contribution in [0.2, 0.25) is 0 Å².